The summed E-state index contributed by atoms with van der Waals surface area (Å²) in [5, 5.41) is 22.2. The molecule has 4 heterocycles. The molecule has 8 heteroatoms. The molecule has 0 saturated carbocycles. The van der Waals surface area contributed by atoms with Crippen molar-refractivity contribution in [2.45, 2.75) is 31.6 Å². The van der Waals surface area contributed by atoms with Gasteiger partial charge in [-0.05, 0) is 48.4 Å². The van der Waals surface area contributed by atoms with Gasteiger partial charge in [-0.25, -0.2) is 9.48 Å². The van der Waals surface area contributed by atoms with Crippen molar-refractivity contribution in [2.75, 3.05) is 5.32 Å². The fourth-order valence-corrected chi connectivity index (χ4v) is 6.83. The summed E-state index contributed by atoms with van der Waals surface area (Å²) in [7, 11) is 0. The molecule has 2 atom stereocenters. The number of nitrogens with zero attached hydrogens (tertiary/aromatic N) is 2. The number of carbonyl (C=O) groups is 2. The van der Waals surface area contributed by atoms with Crippen LogP contribution in [0, 0.1) is 6.92 Å². The number of benzene rings is 1. The van der Waals surface area contributed by atoms with Crippen molar-refractivity contribution in [3.05, 3.63) is 97.1 Å². The topological polar surface area (TPSA) is 84.2 Å². The summed E-state index contributed by atoms with van der Waals surface area (Å²) >= 11 is 3.31. The molecule has 0 unspecified atom stereocenters. The SMILES string of the molecule is Cc1nn(-c2ccccc2C(=O)O)c2c1[C@H](c1cccs1)C1=C(C[C@@H](c3cccs3)CC1=O)N2. The number of ketones is 1. The highest BCUT2D eigenvalue weighted by Gasteiger charge is 2.42. The maximum atomic E-state index is 13.6. The summed E-state index contributed by atoms with van der Waals surface area (Å²) in [6, 6.07) is 15.1. The third-order valence-corrected chi connectivity index (χ3v) is 8.57. The Morgan fingerprint density at radius 2 is 1.79 bits per heavy atom. The van der Waals surface area contributed by atoms with Crippen LogP contribution in [0.5, 0.6) is 0 Å². The minimum atomic E-state index is -1.01. The van der Waals surface area contributed by atoms with Gasteiger partial charge in [-0.3, -0.25) is 4.79 Å². The van der Waals surface area contributed by atoms with E-state index in [1.807, 2.05) is 35.9 Å². The maximum Gasteiger partial charge on any atom is 0.337 e. The number of carboxylic acids is 1. The Kier molecular flexibility index (Phi) is 5.00. The normalized spacial score (nSPS) is 19.5. The van der Waals surface area contributed by atoms with Gasteiger partial charge in [0.15, 0.2) is 5.78 Å². The molecule has 4 aromatic rings. The Balaban J connectivity index is 1.55. The molecule has 0 saturated heterocycles. The minimum Gasteiger partial charge on any atom is -0.478 e. The molecule has 0 fully saturated rings. The Bertz CT molecular complexity index is 1450. The van der Waals surface area contributed by atoms with Gasteiger partial charge in [-0.15, -0.1) is 22.7 Å². The second-order valence-electron chi connectivity index (χ2n) is 8.59. The zero-order chi connectivity index (χ0) is 23.4. The molecular formula is C26H21N3O3S2. The van der Waals surface area contributed by atoms with Crippen LogP contribution in [0.2, 0.25) is 0 Å². The zero-order valence-electron chi connectivity index (χ0n) is 18.3. The Morgan fingerprint density at radius 1 is 1.06 bits per heavy atom. The van der Waals surface area contributed by atoms with E-state index in [1.165, 1.54) is 4.88 Å². The quantitative estimate of drug-likeness (QED) is 0.371. The van der Waals surface area contributed by atoms with Crippen LogP contribution >= 0.6 is 22.7 Å². The minimum absolute atomic E-state index is 0.132. The maximum absolute atomic E-state index is 13.6. The fourth-order valence-electron chi connectivity index (χ4n) is 5.15. The highest BCUT2D eigenvalue weighted by atomic mass is 32.1. The number of Topliss-reactive ketones (excluding diaryl/α,β-unsaturated/α-hetero) is 1. The number of carboxylic acid groups (broad SMARTS) is 1. The van der Waals surface area contributed by atoms with E-state index in [0.717, 1.165) is 39.6 Å². The monoisotopic (exact) mass is 487 g/mol. The number of anilines is 1. The Hall–Kier alpha value is -3.49. The molecule has 170 valence electrons. The summed E-state index contributed by atoms with van der Waals surface area (Å²) in [5.74, 6) is -0.187. The lowest BCUT2D eigenvalue weighted by Crippen LogP contribution is -2.30. The summed E-state index contributed by atoms with van der Waals surface area (Å²) in [6.45, 7) is 1.92. The number of aromatic carboxylic acids is 1. The molecular weight excluding hydrogens is 466 g/mol. The molecule has 1 aromatic carbocycles. The van der Waals surface area contributed by atoms with E-state index in [1.54, 1.807) is 45.6 Å². The number of nitrogens with one attached hydrogen (secondary N) is 1. The molecule has 2 aliphatic rings. The van der Waals surface area contributed by atoms with Crippen molar-refractivity contribution < 1.29 is 14.7 Å². The predicted octanol–water partition coefficient (Wildman–Crippen LogP) is 5.96. The number of para-hydroxylation sites is 1. The van der Waals surface area contributed by atoms with Gasteiger partial charge in [0.1, 0.15) is 5.82 Å². The van der Waals surface area contributed by atoms with Crippen LogP contribution < -0.4 is 5.32 Å². The first kappa shape index (κ1) is 21.1. The number of rotatable bonds is 4. The molecule has 0 radical (unpaired) electrons. The van der Waals surface area contributed by atoms with Gasteiger partial charge < -0.3 is 10.4 Å². The van der Waals surface area contributed by atoms with E-state index in [-0.39, 0.29) is 23.2 Å². The number of carbonyl (C=O) groups excluding carboxylic acids is 1. The molecule has 3 aromatic heterocycles. The lowest BCUT2D eigenvalue weighted by Gasteiger charge is -2.35. The number of aryl methyl sites for hydroxylation is 1. The predicted molar refractivity (Wildman–Crippen MR) is 133 cm³/mol. The summed E-state index contributed by atoms with van der Waals surface area (Å²) in [5.41, 5.74) is 4.12. The van der Waals surface area contributed by atoms with Crippen molar-refractivity contribution in [3.8, 4) is 5.69 Å². The van der Waals surface area contributed by atoms with Gasteiger partial charge in [-0.1, -0.05) is 24.3 Å². The van der Waals surface area contributed by atoms with E-state index in [9.17, 15) is 14.7 Å². The summed E-state index contributed by atoms with van der Waals surface area (Å²) in [4.78, 5) is 27.8. The average Bonchev–Trinajstić information content (AvgIpc) is 3.60. The van der Waals surface area contributed by atoms with Crippen LogP contribution in [-0.2, 0) is 4.79 Å². The van der Waals surface area contributed by atoms with Gasteiger partial charge in [0.05, 0.1) is 22.9 Å². The number of allylic oxidation sites excluding steroid dienone is 2. The highest BCUT2D eigenvalue weighted by Crippen LogP contribution is 2.50. The third-order valence-electron chi connectivity index (χ3n) is 6.60. The van der Waals surface area contributed by atoms with Crippen molar-refractivity contribution >= 4 is 40.2 Å². The lowest BCUT2D eigenvalue weighted by molar-refractivity contribution is -0.116. The van der Waals surface area contributed by atoms with Gasteiger partial charge >= 0.3 is 5.97 Å². The summed E-state index contributed by atoms with van der Waals surface area (Å²) < 4.78 is 1.69. The van der Waals surface area contributed by atoms with E-state index in [0.29, 0.717) is 12.1 Å². The molecule has 0 spiro atoms. The molecule has 1 aliphatic heterocycles. The van der Waals surface area contributed by atoms with Crippen molar-refractivity contribution in [2.24, 2.45) is 0 Å². The number of thiophene rings is 2. The van der Waals surface area contributed by atoms with Crippen molar-refractivity contribution in [1.82, 2.24) is 9.78 Å². The van der Waals surface area contributed by atoms with Gasteiger partial charge in [0, 0.05) is 38.9 Å². The Morgan fingerprint density at radius 3 is 2.50 bits per heavy atom. The van der Waals surface area contributed by atoms with Gasteiger partial charge in [0.2, 0.25) is 0 Å². The van der Waals surface area contributed by atoms with Gasteiger partial charge in [0.25, 0.3) is 0 Å². The second kappa shape index (κ2) is 8.07. The fraction of sp³-hybridized carbons (Fsp3) is 0.192. The molecule has 6 rings (SSSR count). The number of aromatic nitrogens is 2. The van der Waals surface area contributed by atoms with E-state index in [2.05, 4.69) is 17.4 Å². The van der Waals surface area contributed by atoms with Crippen LogP contribution in [0.4, 0.5) is 5.82 Å². The van der Waals surface area contributed by atoms with E-state index >= 15 is 0 Å². The van der Waals surface area contributed by atoms with E-state index < -0.39 is 5.97 Å². The lowest BCUT2D eigenvalue weighted by atomic mass is 9.75. The van der Waals surface area contributed by atoms with Crippen LogP contribution in [0.25, 0.3) is 5.69 Å². The van der Waals surface area contributed by atoms with Crippen LogP contribution in [0.1, 0.15) is 56.0 Å². The van der Waals surface area contributed by atoms with E-state index in [4.69, 9.17) is 5.10 Å². The second-order valence-corrected chi connectivity index (χ2v) is 10.5. The average molecular weight is 488 g/mol. The standard InChI is InChI=1S/C26H21N3O3S2/c1-14-22-24(21-9-5-11-34-21)23-17(12-15(13-19(23)30)20-8-4-10-33-20)27-25(22)29(28-14)18-7-3-2-6-16(18)26(31)32/h2-11,15,24,27H,12-13H2,1H3,(H,31,32)/t15-,24+/m1/s1. The summed E-state index contributed by atoms with van der Waals surface area (Å²) in [6.07, 6.45) is 1.22. The first-order valence-electron chi connectivity index (χ1n) is 11.0. The van der Waals surface area contributed by atoms with Crippen LogP contribution in [0.15, 0.2) is 70.6 Å². The first-order valence-corrected chi connectivity index (χ1v) is 12.8. The molecule has 2 N–H and O–H groups in total. The number of hydrogen-bond donors (Lipinski definition) is 2. The number of hydrogen-bond acceptors (Lipinski definition) is 6. The highest BCUT2D eigenvalue weighted by molar-refractivity contribution is 7.10. The molecule has 0 bridgehead atoms. The van der Waals surface area contributed by atoms with Crippen LogP contribution in [-0.4, -0.2) is 26.6 Å². The third kappa shape index (κ3) is 3.25. The van der Waals surface area contributed by atoms with Crippen molar-refractivity contribution in [1.29, 1.82) is 0 Å². The molecule has 1 aliphatic carbocycles. The number of fused-ring (bicyclic) bond motifs is 1. The smallest absolute Gasteiger partial charge is 0.337 e. The molecule has 34 heavy (non-hydrogen) atoms. The molecule has 0 amide bonds. The first-order chi connectivity index (χ1) is 16.5. The van der Waals surface area contributed by atoms with Crippen molar-refractivity contribution in [3.63, 3.8) is 0 Å². The largest absolute Gasteiger partial charge is 0.478 e. The van der Waals surface area contributed by atoms with Gasteiger partial charge in [-0.2, -0.15) is 5.10 Å². The molecule has 6 nitrogen and oxygen atoms in total. The Labute approximate surface area is 204 Å². The zero-order valence-corrected chi connectivity index (χ0v) is 20.0. The van der Waals surface area contributed by atoms with Crippen LogP contribution in [0.3, 0.4) is 0 Å².